The highest BCUT2D eigenvalue weighted by molar-refractivity contribution is 6.40. The first-order valence-corrected chi connectivity index (χ1v) is 4.51. The van der Waals surface area contributed by atoms with E-state index in [4.69, 9.17) is 0 Å². The van der Waals surface area contributed by atoms with Crippen molar-refractivity contribution in [2.24, 2.45) is 0 Å². The second-order valence-electron chi connectivity index (χ2n) is 2.82. The maximum atomic E-state index is 10.8. The molecule has 0 aromatic rings. The average Bonchev–Trinajstić information content (AvgIpc) is 2.10. The van der Waals surface area contributed by atoms with E-state index in [0.717, 1.165) is 19.3 Å². The molecule has 0 saturated carbocycles. The van der Waals surface area contributed by atoms with Gasteiger partial charge in [0.05, 0.1) is 0 Å². The summed E-state index contributed by atoms with van der Waals surface area (Å²) < 4.78 is 0. The van der Waals surface area contributed by atoms with Crippen LogP contribution in [0.2, 0.25) is 0 Å². The van der Waals surface area contributed by atoms with E-state index in [9.17, 15) is 9.59 Å². The smallest absolute Gasteiger partial charge is 0.220 e. The van der Waals surface area contributed by atoms with Crippen LogP contribution in [0.4, 0.5) is 0 Å². The molecular formula is C11H16O2. The van der Waals surface area contributed by atoms with Crippen molar-refractivity contribution in [3.8, 4) is 0 Å². The van der Waals surface area contributed by atoms with Gasteiger partial charge in [-0.1, -0.05) is 18.2 Å². The molecule has 0 aromatic heterocycles. The molecule has 0 fully saturated rings. The van der Waals surface area contributed by atoms with Gasteiger partial charge in [-0.25, -0.2) is 0 Å². The van der Waals surface area contributed by atoms with Gasteiger partial charge in [-0.15, -0.1) is 0 Å². The molecule has 0 saturated heterocycles. The molecule has 0 unspecified atom stereocenters. The van der Waals surface area contributed by atoms with E-state index < -0.39 is 11.6 Å². The first-order valence-electron chi connectivity index (χ1n) is 4.51. The SMILES string of the molecule is CC=CCCCC=CC(=O)C(C)=O. The Balaban J connectivity index is 3.52. The summed E-state index contributed by atoms with van der Waals surface area (Å²) in [7, 11) is 0. The normalized spacial score (nSPS) is 11.2. The minimum Gasteiger partial charge on any atom is -0.291 e. The highest BCUT2D eigenvalue weighted by Gasteiger charge is 2.00. The fourth-order valence-electron chi connectivity index (χ4n) is 0.828. The minimum absolute atomic E-state index is 0.398. The zero-order valence-electron chi connectivity index (χ0n) is 8.25. The van der Waals surface area contributed by atoms with Gasteiger partial charge in [-0.3, -0.25) is 9.59 Å². The number of carbonyl (C=O) groups excluding carboxylic acids is 2. The van der Waals surface area contributed by atoms with Crippen LogP contribution in [0.25, 0.3) is 0 Å². The predicted octanol–water partition coefficient (Wildman–Crippen LogP) is 2.45. The standard InChI is InChI=1S/C11H16O2/c1-3-4-5-6-7-8-9-11(13)10(2)12/h3-4,8-9H,5-7H2,1-2H3. The topological polar surface area (TPSA) is 34.1 Å². The number of hydrogen-bond donors (Lipinski definition) is 0. The van der Waals surface area contributed by atoms with E-state index in [1.807, 2.05) is 13.0 Å². The second kappa shape index (κ2) is 7.47. The molecule has 0 radical (unpaired) electrons. The fraction of sp³-hybridized carbons (Fsp3) is 0.455. The molecule has 72 valence electrons. The summed E-state index contributed by atoms with van der Waals surface area (Å²) in [6.45, 7) is 3.27. The van der Waals surface area contributed by atoms with Crippen molar-refractivity contribution in [3.63, 3.8) is 0 Å². The fourth-order valence-corrected chi connectivity index (χ4v) is 0.828. The summed E-state index contributed by atoms with van der Waals surface area (Å²) in [5.41, 5.74) is 0. The Hall–Kier alpha value is -1.18. The molecule has 0 rings (SSSR count). The molecule has 2 heteroatoms. The lowest BCUT2D eigenvalue weighted by molar-refractivity contribution is -0.132. The average molecular weight is 180 g/mol. The quantitative estimate of drug-likeness (QED) is 0.272. The van der Waals surface area contributed by atoms with E-state index in [-0.39, 0.29) is 0 Å². The van der Waals surface area contributed by atoms with Crippen molar-refractivity contribution in [2.45, 2.75) is 33.1 Å². The summed E-state index contributed by atoms with van der Waals surface area (Å²) in [4.78, 5) is 21.3. The Morgan fingerprint density at radius 1 is 1.15 bits per heavy atom. The molecule has 0 spiro atoms. The molecule has 0 amide bonds. The van der Waals surface area contributed by atoms with Crippen LogP contribution >= 0.6 is 0 Å². The van der Waals surface area contributed by atoms with Crippen LogP contribution in [0, 0.1) is 0 Å². The van der Waals surface area contributed by atoms with Gasteiger partial charge in [0.15, 0.2) is 5.78 Å². The number of unbranched alkanes of at least 4 members (excludes halogenated alkanes) is 2. The Morgan fingerprint density at radius 3 is 2.31 bits per heavy atom. The van der Waals surface area contributed by atoms with Gasteiger partial charge < -0.3 is 0 Å². The monoisotopic (exact) mass is 180 g/mol. The summed E-state index contributed by atoms with van der Waals surface area (Å²) in [6.07, 6.45) is 10.1. The summed E-state index contributed by atoms with van der Waals surface area (Å²) in [5, 5.41) is 0. The summed E-state index contributed by atoms with van der Waals surface area (Å²) >= 11 is 0. The van der Waals surface area contributed by atoms with Gasteiger partial charge in [0.1, 0.15) is 0 Å². The Morgan fingerprint density at radius 2 is 1.77 bits per heavy atom. The van der Waals surface area contributed by atoms with E-state index in [0.29, 0.717) is 0 Å². The summed E-state index contributed by atoms with van der Waals surface area (Å²) in [6, 6.07) is 0. The maximum absolute atomic E-state index is 10.8. The van der Waals surface area contributed by atoms with Crippen molar-refractivity contribution in [1.82, 2.24) is 0 Å². The first-order chi connectivity index (χ1) is 6.18. The van der Waals surface area contributed by atoms with Crippen molar-refractivity contribution in [2.75, 3.05) is 0 Å². The Kier molecular flexibility index (Phi) is 6.79. The van der Waals surface area contributed by atoms with Crippen LogP contribution in [0.1, 0.15) is 33.1 Å². The van der Waals surface area contributed by atoms with Crippen molar-refractivity contribution >= 4 is 11.6 Å². The predicted molar refractivity (Wildman–Crippen MR) is 53.5 cm³/mol. The lowest BCUT2D eigenvalue weighted by Gasteiger charge is -1.89. The molecule has 0 heterocycles. The van der Waals surface area contributed by atoms with Crippen molar-refractivity contribution in [3.05, 3.63) is 24.3 Å². The van der Waals surface area contributed by atoms with E-state index >= 15 is 0 Å². The van der Waals surface area contributed by atoms with Crippen LogP contribution in [-0.2, 0) is 9.59 Å². The largest absolute Gasteiger partial charge is 0.291 e. The van der Waals surface area contributed by atoms with Crippen LogP contribution in [-0.4, -0.2) is 11.6 Å². The molecule has 2 nitrogen and oxygen atoms in total. The van der Waals surface area contributed by atoms with E-state index in [1.54, 1.807) is 6.08 Å². The third-order valence-electron chi connectivity index (χ3n) is 1.59. The lowest BCUT2D eigenvalue weighted by Crippen LogP contribution is -2.04. The molecule has 13 heavy (non-hydrogen) atoms. The molecule has 0 aliphatic heterocycles. The number of rotatable bonds is 6. The third kappa shape index (κ3) is 7.19. The highest BCUT2D eigenvalue weighted by atomic mass is 16.2. The van der Waals surface area contributed by atoms with Crippen LogP contribution in [0.15, 0.2) is 24.3 Å². The molecule has 0 atom stereocenters. The van der Waals surface area contributed by atoms with Gasteiger partial charge in [0.2, 0.25) is 5.78 Å². The zero-order valence-corrected chi connectivity index (χ0v) is 8.25. The van der Waals surface area contributed by atoms with Gasteiger partial charge in [-0.2, -0.15) is 0 Å². The van der Waals surface area contributed by atoms with Gasteiger partial charge in [-0.05, 0) is 32.3 Å². The number of hydrogen-bond acceptors (Lipinski definition) is 2. The van der Waals surface area contributed by atoms with Gasteiger partial charge >= 0.3 is 0 Å². The number of Topliss-reactive ketones (excluding diaryl/α,β-unsaturated/α-hetero) is 1. The first kappa shape index (κ1) is 11.8. The highest BCUT2D eigenvalue weighted by Crippen LogP contribution is 1.97. The molecule has 0 bridgehead atoms. The van der Waals surface area contributed by atoms with Crippen molar-refractivity contribution < 1.29 is 9.59 Å². The van der Waals surface area contributed by atoms with Gasteiger partial charge in [0.25, 0.3) is 0 Å². The number of allylic oxidation sites excluding steroid dienone is 4. The van der Waals surface area contributed by atoms with Crippen LogP contribution in [0.5, 0.6) is 0 Å². The molecular weight excluding hydrogens is 164 g/mol. The minimum atomic E-state index is -0.411. The van der Waals surface area contributed by atoms with Crippen LogP contribution in [0.3, 0.4) is 0 Å². The maximum Gasteiger partial charge on any atom is 0.220 e. The van der Waals surface area contributed by atoms with E-state index in [1.165, 1.54) is 13.0 Å². The van der Waals surface area contributed by atoms with Crippen molar-refractivity contribution in [1.29, 1.82) is 0 Å². The summed E-state index contributed by atoms with van der Waals surface area (Å²) in [5.74, 6) is -0.810. The Labute approximate surface area is 79.3 Å². The molecule has 0 aromatic carbocycles. The van der Waals surface area contributed by atoms with E-state index in [2.05, 4.69) is 6.08 Å². The molecule has 0 aliphatic rings. The van der Waals surface area contributed by atoms with Crippen LogP contribution < -0.4 is 0 Å². The Bertz CT molecular complexity index is 224. The number of carbonyl (C=O) groups is 2. The third-order valence-corrected chi connectivity index (χ3v) is 1.59. The molecule has 0 N–H and O–H groups in total. The molecule has 0 aliphatic carbocycles. The lowest BCUT2D eigenvalue weighted by atomic mass is 10.2. The number of ketones is 2. The van der Waals surface area contributed by atoms with Gasteiger partial charge in [0, 0.05) is 6.92 Å². The second-order valence-corrected chi connectivity index (χ2v) is 2.82. The zero-order chi connectivity index (χ0) is 10.1.